The lowest BCUT2D eigenvalue weighted by Gasteiger charge is -2.04. The lowest BCUT2D eigenvalue weighted by Crippen LogP contribution is -2.05. The summed E-state index contributed by atoms with van der Waals surface area (Å²) >= 11 is 2.99. The van der Waals surface area contributed by atoms with E-state index in [1.54, 1.807) is 29.3 Å². The van der Waals surface area contributed by atoms with Gasteiger partial charge in [0, 0.05) is 15.8 Å². The van der Waals surface area contributed by atoms with Crippen molar-refractivity contribution in [2.24, 2.45) is 0 Å². The number of benzene rings is 2. The van der Waals surface area contributed by atoms with E-state index in [1.807, 2.05) is 30.5 Å². The molecule has 1 heterocycles. The molecule has 0 amide bonds. The molecule has 0 saturated heterocycles. The van der Waals surface area contributed by atoms with Crippen LogP contribution in [0.3, 0.4) is 0 Å². The third-order valence-corrected chi connectivity index (χ3v) is 4.97. The quantitative estimate of drug-likeness (QED) is 0.473. The first kappa shape index (κ1) is 16.7. The highest BCUT2D eigenvalue weighted by molar-refractivity contribution is 7.98. The number of nitrogens with zero attached hydrogens (tertiary/aromatic N) is 1. The minimum Gasteiger partial charge on any atom is -0.456 e. The second kappa shape index (κ2) is 7.59. The molecule has 24 heavy (non-hydrogen) atoms. The zero-order chi connectivity index (χ0) is 16.9. The maximum absolute atomic E-state index is 13.0. The molecular formula is C18H14FNO2S2. The lowest BCUT2D eigenvalue weighted by atomic mass is 10.2. The Morgan fingerprint density at radius 1 is 1.17 bits per heavy atom. The molecule has 2 aromatic carbocycles. The fraction of sp³-hybridized carbons (Fsp3) is 0.111. The molecule has 3 rings (SSSR count). The van der Waals surface area contributed by atoms with E-state index in [0.717, 1.165) is 16.0 Å². The zero-order valence-corrected chi connectivity index (χ0v) is 14.5. The molecule has 0 spiro atoms. The summed E-state index contributed by atoms with van der Waals surface area (Å²) in [5.41, 5.74) is 1.96. The van der Waals surface area contributed by atoms with E-state index in [9.17, 15) is 9.18 Å². The fourth-order valence-electron chi connectivity index (χ4n) is 2.04. The van der Waals surface area contributed by atoms with E-state index < -0.39 is 5.97 Å². The molecule has 0 unspecified atom stereocenters. The number of carbonyl (C=O) groups excluding carboxylic acids is 1. The third kappa shape index (κ3) is 4.01. The largest absolute Gasteiger partial charge is 0.456 e. The molecule has 0 aliphatic heterocycles. The van der Waals surface area contributed by atoms with Crippen LogP contribution in [0, 0.1) is 5.82 Å². The summed E-state index contributed by atoms with van der Waals surface area (Å²) in [7, 11) is 0. The van der Waals surface area contributed by atoms with Crippen LogP contribution in [0.25, 0.3) is 10.6 Å². The number of halogens is 1. The third-order valence-electron chi connectivity index (χ3n) is 3.33. The van der Waals surface area contributed by atoms with Gasteiger partial charge in [0.2, 0.25) is 0 Å². The normalized spacial score (nSPS) is 10.6. The van der Waals surface area contributed by atoms with Crippen LogP contribution in [0.4, 0.5) is 4.39 Å². The van der Waals surface area contributed by atoms with Crippen molar-refractivity contribution in [2.75, 3.05) is 6.26 Å². The predicted molar refractivity (Wildman–Crippen MR) is 94.9 cm³/mol. The van der Waals surface area contributed by atoms with Gasteiger partial charge in [0.15, 0.2) is 5.69 Å². The summed E-state index contributed by atoms with van der Waals surface area (Å²) in [6, 6.07) is 13.9. The predicted octanol–water partition coefficient (Wildman–Crippen LogP) is 5.03. The molecule has 0 radical (unpaired) electrons. The summed E-state index contributed by atoms with van der Waals surface area (Å²) in [6.07, 6.45) is 2.01. The molecule has 0 aliphatic rings. The molecule has 1 aromatic heterocycles. The van der Waals surface area contributed by atoms with Crippen molar-refractivity contribution >= 4 is 29.1 Å². The monoisotopic (exact) mass is 359 g/mol. The number of aromatic nitrogens is 1. The van der Waals surface area contributed by atoms with Gasteiger partial charge in [-0.15, -0.1) is 23.1 Å². The molecule has 0 N–H and O–H groups in total. The van der Waals surface area contributed by atoms with Gasteiger partial charge in [-0.05, 0) is 48.2 Å². The summed E-state index contributed by atoms with van der Waals surface area (Å²) in [6.45, 7) is 0.205. The van der Waals surface area contributed by atoms with Gasteiger partial charge < -0.3 is 4.74 Å². The molecule has 3 nitrogen and oxygen atoms in total. The van der Waals surface area contributed by atoms with Gasteiger partial charge in [-0.2, -0.15) is 0 Å². The standard InChI is InChI=1S/C18H14FNO2S2/c1-23-15-8-2-12(3-9-15)10-22-18(21)16-11-24-17(20-16)13-4-6-14(19)7-5-13/h2-9,11H,10H2,1H3. The van der Waals surface area contributed by atoms with Crippen LogP contribution >= 0.6 is 23.1 Å². The van der Waals surface area contributed by atoms with Crippen molar-refractivity contribution in [1.29, 1.82) is 0 Å². The molecule has 3 aromatic rings. The summed E-state index contributed by atoms with van der Waals surface area (Å²) in [5, 5.41) is 2.31. The topological polar surface area (TPSA) is 39.2 Å². The van der Waals surface area contributed by atoms with Gasteiger partial charge in [0.1, 0.15) is 17.4 Å². The maximum Gasteiger partial charge on any atom is 0.358 e. The number of hydrogen-bond acceptors (Lipinski definition) is 5. The van der Waals surface area contributed by atoms with Gasteiger partial charge in [-0.1, -0.05) is 12.1 Å². The number of thiazole rings is 1. The Morgan fingerprint density at radius 3 is 2.54 bits per heavy atom. The smallest absolute Gasteiger partial charge is 0.358 e. The van der Waals surface area contributed by atoms with Gasteiger partial charge in [-0.3, -0.25) is 0 Å². The Labute approximate surface area is 147 Å². The second-order valence-electron chi connectivity index (χ2n) is 4.97. The Balaban J connectivity index is 1.64. The summed E-state index contributed by atoms with van der Waals surface area (Å²) in [5.74, 6) is -0.768. The van der Waals surface area contributed by atoms with Crippen molar-refractivity contribution in [3.05, 3.63) is 71.0 Å². The van der Waals surface area contributed by atoms with E-state index in [2.05, 4.69) is 4.98 Å². The van der Waals surface area contributed by atoms with E-state index >= 15 is 0 Å². The van der Waals surface area contributed by atoms with Crippen molar-refractivity contribution in [3.8, 4) is 10.6 Å². The molecule has 0 atom stereocenters. The molecule has 0 aliphatic carbocycles. The number of carbonyl (C=O) groups is 1. The molecule has 122 valence electrons. The summed E-state index contributed by atoms with van der Waals surface area (Å²) < 4.78 is 18.2. The first-order valence-corrected chi connectivity index (χ1v) is 9.27. The van der Waals surface area contributed by atoms with Crippen molar-refractivity contribution in [2.45, 2.75) is 11.5 Å². The fourth-order valence-corrected chi connectivity index (χ4v) is 3.24. The van der Waals surface area contributed by atoms with Gasteiger partial charge in [-0.25, -0.2) is 14.2 Å². The Morgan fingerprint density at radius 2 is 1.88 bits per heavy atom. The lowest BCUT2D eigenvalue weighted by molar-refractivity contribution is 0.0466. The van der Waals surface area contributed by atoms with Crippen molar-refractivity contribution in [3.63, 3.8) is 0 Å². The maximum atomic E-state index is 13.0. The molecule has 0 saturated carbocycles. The first-order chi connectivity index (χ1) is 11.7. The van der Waals surface area contributed by atoms with Crippen LogP contribution in [0.15, 0.2) is 58.8 Å². The van der Waals surface area contributed by atoms with E-state index in [0.29, 0.717) is 5.01 Å². The van der Waals surface area contributed by atoms with E-state index in [4.69, 9.17) is 4.74 Å². The van der Waals surface area contributed by atoms with Crippen LogP contribution in [-0.2, 0) is 11.3 Å². The number of ether oxygens (including phenoxy) is 1. The van der Waals surface area contributed by atoms with Crippen molar-refractivity contribution < 1.29 is 13.9 Å². The number of esters is 1. The van der Waals surface area contributed by atoms with E-state index in [1.165, 1.54) is 23.5 Å². The minimum absolute atomic E-state index is 0.205. The summed E-state index contributed by atoms with van der Waals surface area (Å²) in [4.78, 5) is 17.5. The Hall–Kier alpha value is -2.18. The Bertz CT molecular complexity index is 829. The number of rotatable bonds is 5. The number of hydrogen-bond donors (Lipinski definition) is 0. The number of thioether (sulfide) groups is 1. The van der Waals surface area contributed by atoms with Crippen LogP contribution in [0.2, 0.25) is 0 Å². The highest BCUT2D eigenvalue weighted by atomic mass is 32.2. The second-order valence-corrected chi connectivity index (χ2v) is 6.71. The van der Waals surface area contributed by atoms with Gasteiger partial charge in [0.05, 0.1) is 0 Å². The first-order valence-electron chi connectivity index (χ1n) is 7.17. The van der Waals surface area contributed by atoms with Crippen LogP contribution in [0.1, 0.15) is 16.1 Å². The average Bonchev–Trinajstić information content (AvgIpc) is 3.11. The van der Waals surface area contributed by atoms with Gasteiger partial charge >= 0.3 is 5.97 Å². The highest BCUT2D eigenvalue weighted by Crippen LogP contribution is 2.24. The molecule has 0 bridgehead atoms. The highest BCUT2D eigenvalue weighted by Gasteiger charge is 2.13. The van der Waals surface area contributed by atoms with E-state index in [-0.39, 0.29) is 18.1 Å². The van der Waals surface area contributed by atoms with Gasteiger partial charge in [0.25, 0.3) is 0 Å². The van der Waals surface area contributed by atoms with Crippen LogP contribution in [-0.4, -0.2) is 17.2 Å². The zero-order valence-electron chi connectivity index (χ0n) is 12.9. The molecular weight excluding hydrogens is 345 g/mol. The Kier molecular flexibility index (Phi) is 5.27. The average molecular weight is 359 g/mol. The molecule has 6 heteroatoms. The van der Waals surface area contributed by atoms with Crippen LogP contribution in [0.5, 0.6) is 0 Å². The minimum atomic E-state index is -0.464. The van der Waals surface area contributed by atoms with Crippen molar-refractivity contribution in [1.82, 2.24) is 4.98 Å². The molecule has 0 fully saturated rings. The SMILES string of the molecule is CSc1ccc(COC(=O)c2csc(-c3ccc(F)cc3)n2)cc1. The van der Waals surface area contributed by atoms with Crippen LogP contribution < -0.4 is 0 Å².